The van der Waals surface area contributed by atoms with Crippen LogP contribution in [0, 0.1) is 0 Å². The number of hydrogen-bond acceptors (Lipinski definition) is 6. The van der Waals surface area contributed by atoms with Crippen molar-refractivity contribution in [3.63, 3.8) is 0 Å². The van der Waals surface area contributed by atoms with E-state index in [1.807, 2.05) is 24.3 Å². The first-order chi connectivity index (χ1) is 15.5. The van der Waals surface area contributed by atoms with Crippen LogP contribution in [0.3, 0.4) is 0 Å². The molecule has 1 fully saturated rings. The van der Waals surface area contributed by atoms with Gasteiger partial charge in [-0.25, -0.2) is 0 Å². The van der Waals surface area contributed by atoms with Crippen molar-refractivity contribution in [2.75, 3.05) is 0 Å². The second kappa shape index (κ2) is 9.41. The molecular weight excluding hydrogens is 430 g/mol. The molecule has 0 spiro atoms. The Morgan fingerprint density at radius 1 is 1.09 bits per heavy atom. The molecule has 3 amide bonds. The number of carbonyl (C=O) groups is 5. The van der Waals surface area contributed by atoms with Crippen molar-refractivity contribution < 1.29 is 29.1 Å². The summed E-state index contributed by atoms with van der Waals surface area (Å²) in [6, 6.07) is 3.57. The van der Waals surface area contributed by atoms with E-state index in [9.17, 15) is 29.1 Å². The number of carboxylic acids is 1. The van der Waals surface area contributed by atoms with Crippen LogP contribution < -0.4 is 21.7 Å². The predicted octanol–water partition coefficient (Wildman–Crippen LogP) is -0.650. The molecule has 2 aromatic rings. The average molecular weight is 457 g/mol. The smallest absolute Gasteiger partial charge is 0.305 e. The summed E-state index contributed by atoms with van der Waals surface area (Å²) >= 11 is 0. The first-order valence-corrected chi connectivity index (χ1v) is 10.5. The van der Waals surface area contributed by atoms with E-state index in [4.69, 9.17) is 5.73 Å². The summed E-state index contributed by atoms with van der Waals surface area (Å²) in [5, 5.41) is 17.5. The molecule has 0 radical (unpaired) electrons. The average Bonchev–Trinajstić information content (AvgIpc) is 3.14. The molecule has 11 heteroatoms. The van der Waals surface area contributed by atoms with Crippen LogP contribution in [0.4, 0.5) is 0 Å². The lowest BCUT2D eigenvalue weighted by Crippen LogP contribution is -2.59. The quantitative estimate of drug-likeness (QED) is 0.344. The summed E-state index contributed by atoms with van der Waals surface area (Å²) in [5.41, 5.74) is 6.03. The van der Waals surface area contributed by atoms with E-state index >= 15 is 0 Å². The fourth-order valence-electron chi connectivity index (χ4n) is 3.84. The highest BCUT2D eigenvalue weighted by atomic mass is 16.4. The van der Waals surface area contributed by atoms with Crippen molar-refractivity contribution in [2.45, 2.75) is 56.8 Å². The van der Waals surface area contributed by atoms with Gasteiger partial charge in [-0.15, -0.1) is 0 Å². The molecule has 1 saturated heterocycles. The molecule has 4 atom stereocenters. The van der Waals surface area contributed by atoms with Gasteiger partial charge in [0.15, 0.2) is 5.78 Å². The van der Waals surface area contributed by atoms with Crippen LogP contribution >= 0.6 is 0 Å². The minimum atomic E-state index is -1.47. The molecule has 176 valence electrons. The first-order valence-electron chi connectivity index (χ1n) is 10.5. The number of nitrogens with one attached hydrogen (secondary N) is 4. The number of aliphatic carboxylic acids is 1. The third kappa shape index (κ3) is 5.37. The van der Waals surface area contributed by atoms with Gasteiger partial charge in [0.05, 0.1) is 18.0 Å². The standard InChI is InChI=1S/C22H27N5O6/c1-11(28)22(2)9-14(23)19(31)25-17(8-18(29)30)20(32)26-16(21(33)27-22)7-12-10-24-15-6-4-3-5-13(12)15/h3-6,10,14,16-17,24H,7-9,23H2,1-2H3,(H,25,31)(H,26,32)(H,27,33)(H,29,30). The van der Waals surface area contributed by atoms with Crippen molar-refractivity contribution in [3.8, 4) is 0 Å². The largest absolute Gasteiger partial charge is 0.481 e. The van der Waals surface area contributed by atoms with Crippen LogP contribution in [0.15, 0.2) is 30.5 Å². The van der Waals surface area contributed by atoms with Gasteiger partial charge in [0, 0.05) is 29.9 Å². The highest BCUT2D eigenvalue weighted by Crippen LogP contribution is 2.21. The number of Topliss-reactive ketones (excluding diaryl/α,β-unsaturated/α-hetero) is 1. The molecule has 1 aliphatic heterocycles. The van der Waals surface area contributed by atoms with Gasteiger partial charge < -0.3 is 31.8 Å². The second-order valence-corrected chi connectivity index (χ2v) is 8.47. The maximum Gasteiger partial charge on any atom is 0.305 e. The normalized spacial score (nSPS) is 26.6. The van der Waals surface area contributed by atoms with Crippen molar-refractivity contribution in [2.24, 2.45) is 5.73 Å². The maximum absolute atomic E-state index is 13.2. The highest BCUT2D eigenvalue weighted by Gasteiger charge is 2.40. The zero-order valence-electron chi connectivity index (χ0n) is 18.3. The highest BCUT2D eigenvalue weighted by molar-refractivity contribution is 5.98. The third-order valence-electron chi connectivity index (χ3n) is 5.88. The molecule has 3 rings (SSSR count). The van der Waals surface area contributed by atoms with E-state index in [-0.39, 0.29) is 12.8 Å². The lowest BCUT2D eigenvalue weighted by molar-refractivity contribution is -0.141. The Balaban J connectivity index is 2.00. The number of hydrogen-bond donors (Lipinski definition) is 6. The van der Waals surface area contributed by atoms with Crippen molar-refractivity contribution in [1.82, 2.24) is 20.9 Å². The van der Waals surface area contributed by atoms with Crippen LogP contribution in [0.5, 0.6) is 0 Å². The monoisotopic (exact) mass is 457 g/mol. The topological polar surface area (TPSA) is 183 Å². The van der Waals surface area contributed by atoms with E-state index in [1.165, 1.54) is 13.8 Å². The van der Waals surface area contributed by atoms with Crippen molar-refractivity contribution in [1.29, 1.82) is 0 Å². The van der Waals surface area contributed by atoms with Crippen molar-refractivity contribution in [3.05, 3.63) is 36.0 Å². The number of nitrogens with two attached hydrogens (primary N) is 1. The Morgan fingerprint density at radius 2 is 1.76 bits per heavy atom. The molecular formula is C22H27N5O6. The number of fused-ring (bicyclic) bond motifs is 1. The molecule has 4 unspecified atom stereocenters. The van der Waals surface area contributed by atoms with Crippen molar-refractivity contribution >= 4 is 40.4 Å². The number of carbonyl (C=O) groups excluding carboxylic acids is 4. The molecule has 1 aromatic carbocycles. The molecule has 0 aliphatic carbocycles. The second-order valence-electron chi connectivity index (χ2n) is 8.47. The van der Waals surface area contributed by atoms with Crippen LogP contribution in [-0.2, 0) is 30.4 Å². The number of amides is 3. The third-order valence-corrected chi connectivity index (χ3v) is 5.88. The number of ketones is 1. The molecule has 7 N–H and O–H groups in total. The van der Waals surface area contributed by atoms with Gasteiger partial charge in [0.25, 0.3) is 0 Å². The molecule has 33 heavy (non-hydrogen) atoms. The van der Waals surface area contributed by atoms with Gasteiger partial charge in [-0.2, -0.15) is 0 Å². The van der Waals surface area contributed by atoms with Gasteiger partial charge in [-0.3, -0.25) is 24.0 Å². The minimum absolute atomic E-state index is 0.0648. The SMILES string of the molecule is CC(=O)C1(C)CC(N)C(=O)NC(CC(=O)O)C(=O)NC(Cc2c[nH]c3ccccc23)C(=O)N1. The molecule has 2 heterocycles. The number of carboxylic acid groups (broad SMARTS) is 1. The van der Waals surface area contributed by atoms with Gasteiger partial charge >= 0.3 is 5.97 Å². The van der Waals surface area contributed by atoms with Gasteiger partial charge in [-0.05, 0) is 25.5 Å². The summed E-state index contributed by atoms with van der Waals surface area (Å²) in [6.07, 6.45) is 0.852. The van der Waals surface area contributed by atoms with Gasteiger partial charge in [-0.1, -0.05) is 18.2 Å². The van der Waals surface area contributed by atoms with Gasteiger partial charge in [0.1, 0.15) is 12.1 Å². The lowest BCUT2D eigenvalue weighted by Gasteiger charge is -2.31. The molecule has 1 aromatic heterocycles. The number of rotatable bonds is 5. The van der Waals surface area contributed by atoms with E-state index in [0.717, 1.165) is 16.5 Å². The summed E-state index contributed by atoms with van der Waals surface area (Å²) in [5.74, 6) is -4.03. The molecule has 1 aliphatic rings. The fourth-order valence-corrected chi connectivity index (χ4v) is 3.84. The van der Waals surface area contributed by atoms with E-state index in [1.54, 1.807) is 6.20 Å². The maximum atomic E-state index is 13.2. The summed E-state index contributed by atoms with van der Waals surface area (Å²) in [6.45, 7) is 2.72. The number of H-pyrrole nitrogens is 1. The Hall–Kier alpha value is -3.73. The Labute approximate surface area is 189 Å². The van der Waals surface area contributed by atoms with Crippen LogP contribution in [0.2, 0.25) is 0 Å². The van der Waals surface area contributed by atoms with E-state index < -0.39 is 59.6 Å². The fraction of sp³-hybridized carbons (Fsp3) is 0.409. The zero-order valence-corrected chi connectivity index (χ0v) is 18.3. The summed E-state index contributed by atoms with van der Waals surface area (Å²) in [4.78, 5) is 65.4. The molecule has 0 bridgehead atoms. The summed E-state index contributed by atoms with van der Waals surface area (Å²) in [7, 11) is 0. The Bertz CT molecular complexity index is 1110. The van der Waals surface area contributed by atoms with Crippen LogP contribution in [-0.4, -0.2) is 63.2 Å². The van der Waals surface area contributed by atoms with E-state index in [0.29, 0.717) is 0 Å². The Morgan fingerprint density at radius 3 is 2.42 bits per heavy atom. The van der Waals surface area contributed by atoms with E-state index in [2.05, 4.69) is 20.9 Å². The number of benzene rings is 1. The zero-order chi connectivity index (χ0) is 24.3. The van der Waals surface area contributed by atoms with Gasteiger partial charge in [0.2, 0.25) is 17.7 Å². The first kappa shape index (κ1) is 23.9. The molecule has 11 nitrogen and oxygen atoms in total. The summed E-state index contributed by atoms with van der Waals surface area (Å²) < 4.78 is 0. The number of aromatic amines is 1. The minimum Gasteiger partial charge on any atom is -0.481 e. The predicted molar refractivity (Wildman–Crippen MR) is 118 cm³/mol. The number of aromatic nitrogens is 1. The number of para-hydroxylation sites is 1. The van der Waals surface area contributed by atoms with Crippen LogP contribution in [0.25, 0.3) is 10.9 Å². The Kier molecular flexibility index (Phi) is 6.82. The van der Waals surface area contributed by atoms with Crippen LogP contribution in [0.1, 0.15) is 32.3 Å². The molecule has 0 saturated carbocycles. The lowest BCUT2D eigenvalue weighted by atomic mass is 9.88.